The van der Waals surface area contributed by atoms with E-state index in [0.29, 0.717) is 22.2 Å². The smallest absolute Gasteiger partial charge is 0.261 e. The number of hydrogen-bond acceptors (Lipinski definition) is 3. The quantitative estimate of drug-likeness (QED) is 0.710. The average molecular weight is 329 g/mol. The maximum atomic E-state index is 13.2. The standard InChI is InChI=1S/C16H12FN3O2S/c1-20-15(22)12-6-5-9(7-13(12)19-16(20)23)14(21)18-11-4-2-3-10(17)8-11/h2-8H,1H3,(H,18,21)(H,19,23). The summed E-state index contributed by atoms with van der Waals surface area (Å²) in [5.41, 5.74) is 0.929. The van der Waals surface area contributed by atoms with Crippen LogP contribution in [0.25, 0.3) is 10.9 Å². The van der Waals surface area contributed by atoms with Crippen LogP contribution < -0.4 is 10.9 Å². The predicted molar refractivity (Wildman–Crippen MR) is 88.7 cm³/mol. The minimum absolute atomic E-state index is 0.235. The molecule has 1 aromatic heterocycles. The van der Waals surface area contributed by atoms with Gasteiger partial charge in [0, 0.05) is 18.3 Å². The number of aromatic nitrogens is 2. The molecular formula is C16H12FN3O2S. The number of rotatable bonds is 2. The van der Waals surface area contributed by atoms with Crippen molar-refractivity contribution in [2.24, 2.45) is 7.05 Å². The van der Waals surface area contributed by atoms with Gasteiger partial charge >= 0.3 is 0 Å². The lowest BCUT2D eigenvalue weighted by molar-refractivity contribution is 0.102. The first-order valence-electron chi connectivity index (χ1n) is 6.76. The summed E-state index contributed by atoms with van der Waals surface area (Å²) < 4.78 is 14.7. The Hall–Kier alpha value is -2.80. The van der Waals surface area contributed by atoms with Gasteiger partial charge in [-0.05, 0) is 48.6 Å². The summed E-state index contributed by atoms with van der Waals surface area (Å²) in [6.07, 6.45) is 0. The topological polar surface area (TPSA) is 66.9 Å². The summed E-state index contributed by atoms with van der Waals surface area (Å²) >= 11 is 5.06. The normalized spacial score (nSPS) is 10.7. The van der Waals surface area contributed by atoms with Crippen LogP contribution in [0.4, 0.5) is 10.1 Å². The molecule has 2 aromatic carbocycles. The Morgan fingerprint density at radius 3 is 2.78 bits per heavy atom. The highest BCUT2D eigenvalue weighted by Crippen LogP contribution is 2.14. The summed E-state index contributed by atoms with van der Waals surface area (Å²) in [5.74, 6) is -0.841. The molecule has 2 N–H and O–H groups in total. The van der Waals surface area contributed by atoms with Crippen molar-refractivity contribution >= 4 is 34.7 Å². The molecule has 0 bridgehead atoms. The van der Waals surface area contributed by atoms with Crippen molar-refractivity contribution in [3.8, 4) is 0 Å². The molecular weight excluding hydrogens is 317 g/mol. The van der Waals surface area contributed by atoms with Gasteiger partial charge in [0.15, 0.2) is 4.77 Å². The summed E-state index contributed by atoms with van der Waals surface area (Å²) in [5, 5.41) is 3.04. The van der Waals surface area contributed by atoms with Gasteiger partial charge in [-0.3, -0.25) is 14.2 Å². The van der Waals surface area contributed by atoms with Gasteiger partial charge in [-0.1, -0.05) is 6.07 Å². The van der Waals surface area contributed by atoms with E-state index in [9.17, 15) is 14.0 Å². The van der Waals surface area contributed by atoms with Crippen LogP contribution in [0.1, 0.15) is 10.4 Å². The van der Waals surface area contributed by atoms with E-state index in [0.717, 1.165) is 0 Å². The minimum atomic E-state index is -0.436. The van der Waals surface area contributed by atoms with Crippen molar-refractivity contribution in [2.45, 2.75) is 0 Å². The van der Waals surface area contributed by atoms with Gasteiger partial charge in [0.2, 0.25) is 0 Å². The number of halogens is 1. The molecule has 0 aliphatic heterocycles. The maximum absolute atomic E-state index is 13.2. The Kier molecular flexibility index (Phi) is 3.79. The van der Waals surface area contributed by atoms with Crippen molar-refractivity contribution in [3.05, 3.63) is 69.0 Å². The third-order valence-corrected chi connectivity index (χ3v) is 3.82. The molecule has 0 aliphatic rings. The average Bonchev–Trinajstić information content (AvgIpc) is 2.52. The van der Waals surface area contributed by atoms with Crippen LogP contribution in [0.2, 0.25) is 0 Å². The molecule has 23 heavy (non-hydrogen) atoms. The molecule has 0 saturated carbocycles. The van der Waals surface area contributed by atoms with Crippen LogP contribution in [0, 0.1) is 10.6 Å². The van der Waals surface area contributed by atoms with Crippen molar-refractivity contribution in [1.29, 1.82) is 0 Å². The largest absolute Gasteiger partial charge is 0.332 e. The van der Waals surface area contributed by atoms with Crippen molar-refractivity contribution in [1.82, 2.24) is 9.55 Å². The van der Waals surface area contributed by atoms with Crippen LogP contribution in [0.15, 0.2) is 47.3 Å². The first-order chi connectivity index (χ1) is 11.0. The third-order valence-electron chi connectivity index (χ3n) is 3.45. The van der Waals surface area contributed by atoms with E-state index in [1.54, 1.807) is 25.2 Å². The lowest BCUT2D eigenvalue weighted by Gasteiger charge is -2.07. The number of aromatic amines is 1. The van der Waals surface area contributed by atoms with Gasteiger partial charge in [-0.2, -0.15) is 0 Å². The molecule has 7 heteroatoms. The highest BCUT2D eigenvalue weighted by molar-refractivity contribution is 7.71. The molecule has 0 radical (unpaired) electrons. The third kappa shape index (κ3) is 2.91. The number of amides is 1. The SMILES string of the molecule is Cn1c(=S)[nH]c2cc(C(=O)Nc3cccc(F)c3)ccc2c1=O. The molecule has 0 aliphatic carbocycles. The molecule has 0 saturated heterocycles. The fourth-order valence-corrected chi connectivity index (χ4v) is 2.41. The zero-order valence-electron chi connectivity index (χ0n) is 12.1. The number of hydrogen-bond donors (Lipinski definition) is 2. The predicted octanol–water partition coefficient (Wildman–Crippen LogP) is 2.99. The second kappa shape index (κ2) is 5.77. The second-order valence-electron chi connectivity index (χ2n) is 5.02. The zero-order chi connectivity index (χ0) is 16.6. The van der Waals surface area contributed by atoms with Gasteiger partial charge in [0.1, 0.15) is 5.82 Å². The Bertz CT molecular complexity index is 1040. The maximum Gasteiger partial charge on any atom is 0.261 e. The fourth-order valence-electron chi connectivity index (χ4n) is 2.22. The molecule has 1 heterocycles. The van der Waals surface area contributed by atoms with Crippen molar-refractivity contribution < 1.29 is 9.18 Å². The Morgan fingerprint density at radius 2 is 2.04 bits per heavy atom. The number of anilines is 1. The van der Waals surface area contributed by atoms with E-state index >= 15 is 0 Å². The van der Waals surface area contributed by atoms with Gasteiger partial charge in [0.05, 0.1) is 10.9 Å². The van der Waals surface area contributed by atoms with Gasteiger partial charge in [0.25, 0.3) is 11.5 Å². The number of fused-ring (bicyclic) bond motifs is 1. The van der Waals surface area contributed by atoms with Crippen LogP contribution in [-0.2, 0) is 7.05 Å². The zero-order valence-corrected chi connectivity index (χ0v) is 12.9. The molecule has 0 unspecified atom stereocenters. The van der Waals surface area contributed by atoms with E-state index in [-0.39, 0.29) is 10.3 Å². The highest BCUT2D eigenvalue weighted by Gasteiger charge is 2.10. The van der Waals surface area contributed by atoms with E-state index in [2.05, 4.69) is 10.3 Å². The van der Waals surface area contributed by atoms with Crippen molar-refractivity contribution in [2.75, 3.05) is 5.32 Å². The minimum Gasteiger partial charge on any atom is -0.332 e. The van der Waals surface area contributed by atoms with Crippen LogP contribution >= 0.6 is 12.2 Å². The number of H-pyrrole nitrogens is 1. The van der Waals surface area contributed by atoms with E-state index in [1.165, 1.54) is 28.8 Å². The van der Waals surface area contributed by atoms with Gasteiger partial charge < -0.3 is 10.3 Å². The van der Waals surface area contributed by atoms with Crippen LogP contribution in [0.3, 0.4) is 0 Å². The van der Waals surface area contributed by atoms with Gasteiger partial charge in [-0.15, -0.1) is 0 Å². The molecule has 1 amide bonds. The molecule has 116 valence electrons. The second-order valence-corrected chi connectivity index (χ2v) is 5.41. The first kappa shape index (κ1) is 15.1. The number of carbonyl (C=O) groups excluding carboxylic acids is 1. The van der Waals surface area contributed by atoms with Crippen molar-refractivity contribution in [3.63, 3.8) is 0 Å². The molecule has 3 rings (SSSR count). The monoisotopic (exact) mass is 329 g/mol. The molecule has 0 fully saturated rings. The first-order valence-corrected chi connectivity index (χ1v) is 7.16. The number of nitrogens with one attached hydrogen (secondary N) is 2. The molecule has 3 aromatic rings. The Labute approximate surface area is 135 Å². The van der Waals surface area contributed by atoms with E-state index in [1.807, 2.05) is 0 Å². The summed E-state index contributed by atoms with van der Waals surface area (Å²) in [7, 11) is 1.57. The molecule has 0 atom stereocenters. The number of carbonyl (C=O) groups is 1. The number of nitrogens with zero attached hydrogens (tertiary/aromatic N) is 1. The number of benzene rings is 2. The Morgan fingerprint density at radius 1 is 1.26 bits per heavy atom. The summed E-state index contributed by atoms with van der Waals surface area (Å²) in [6.45, 7) is 0. The Balaban J connectivity index is 2.00. The van der Waals surface area contributed by atoms with Crippen LogP contribution in [-0.4, -0.2) is 15.5 Å². The molecule has 5 nitrogen and oxygen atoms in total. The van der Waals surface area contributed by atoms with E-state index in [4.69, 9.17) is 12.2 Å². The van der Waals surface area contributed by atoms with Crippen LogP contribution in [0.5, 0.6) is 0 Å². The lowest BCUT2D eigenvalue weighted by atomic mass is 10.1. The summed E-state index contributed by atoms with van der Waals surface area (Å²) in [6, 6.07) is 10.3. The molecule has 0 spiro atoms. The fraction of sp³-hybridized carbons (Fsp3) is 0.0625. The summed E-state index contributed by atoms with van der Waals surface area (Å²) in [4.78, 5) is 27.2. The lowest BCUT2D eigenvalue weighted by Crippen LogP contribution is -2.19. The van der Waals surface area contributed by atoms with E-state index < -0.39 is 11.7 Å². The van der Waals surface area contributed by atoms with Gasteiger partial charge in [-0.25, -0.2) is 4.39 Å². The highest BCUT2D eigenvalue weighted by atomic mass is 32.1.